The molecule has 2 atom stereocenters. The first-order valence-electron chi connectivity index (χ1n) is 8.29. The molecule has 2 fully saturated rings. The molecule has 2 aliphatic rings. The Morgan fingerprint density at radius 1 is 1.45 bits per heavy atom. The van der Waals surface area contributed by atoms with Crippen LogP contribution in [-0.4, -0.2) is 29.6 Å². The highest BCUT2D eigenvalue weighted by molar-refractivity contribution is 5.48. The second-order valence-corrected chi connectivity index (χ2v) is 6.92. The first-order chi connectivity index (χ1) is 10.6. The number of rotatable bonds is 4. The van der Waals surface area contributed by atoms with Crippen molar-refractivity contribution >= 4 is 5.69 Å². The zero-order valence-electron chi connectivity index (χ0n) is 13.2. The minimum absolute atomic E-state index is 0.270. The molecule has 0 aromatic heterocycles. The summed E-state index contributed by atoms with van der Waals surface area (Å²) in [5.41, 5.74) is 0.116. The fourth-order valence-electron chi connectivity index (χ4n) is 3.65. The monoisotopic (exact) mass is 301 g/mol. The van der Waals surface area contributed by atoms with Gasteiger partial charge in [-0.05, 0) is 56.7 Å². The summed E-state index contributed by atoms with van der Waals surface area (Å²) in [5.74, 6) is 0.585. The largest absolute Gasteiger partial charge is 0.367 e. The molecule has 1 aliphatic carbocycles. The second-order valence-electron chi connectivity index (χ2n) is 6.92. The maximum atomic E-state index is 13.3. The number of likely N-dealkylation sites (tertiary alicyclic amines) is 1. The molecule has 3 rings (SSSR count). The van der Waals surface area contributed by atoms with Gasteiger partial charge in [-0.1, -0.05) is 12.5 Å². The van der Waals surface area contributed by atoms with Crippen molar-refractivity contribution in [1.29, 1.82) is 5.26 Å². The molecule has 22 heavy (non-hydrogen) atoms. The molecule has 1 aromatic rings. The Bertz CT molecular complexity index is 564. The number of hydrogen-bond acceptors (Lipinski definition) is 3. The first-order valence-corrected chi connectivity index (χ1v) is 8.29. The van der Waals surface area contributed by atoms with Crippen LogP contribution in [0.5, 0.6) is 0 Å². The third kappa shape index (κ3) is 3.25. The standard InChI is InChI=1S/C18H24FN3/c1-14-11-18(13-20,21-17-7-3-6-16(19)10-17)8-9-22(14)12-15-4-2-5-15/h3,6-7,10,14-15,21H,2,4-5,8-9,11-12H2,1H3. The van der Waals surface area contributed by atoms with E-state index in [2.05, 4.69) is 23.2 Å². The highest BCUT2D eigenvalue weighted by Crippen LogP contribution is 2.33. The zero-order valence-corrected chi connectivity index (χ0v) is 13.2. The quantitative estimate of drug-likeness (QED) is 0.919. The van der Waals surface area contributed by atoms with Crippen molar-refractivity contribution in [3.8, 4) is 6.07 Å². The summed E-state index contributed by atoms with van der Waals surface area (Å²) >= 11 is 0. The Morgan fingerprint density at radius 2 is 2.27 bits per heavy atom. The van der Waals surface area contributed by atoms with E-state index in [-0.39, 0.29) is 5.82 Å². The van der Waals surface area contributed by atoms with Crippen molar-refractivity contribution in [2.75, 3.05) is 18.4 Å². The van der Waals surface area contributed by atoms with Crippen LogP contribution in [-0.2, 0) is 0 Å². The van der Waals surface area contributed by atoms with Gasteiger partial charge in [0.2, 0.25) is 0 Å². The van der Waals surface area contributed by atoms with Crippen molar-refractivity contribution in [3.63, 3.8) is 0 Å². The second kappa shape index (κ2) is 6.26. The normalized spacial score (nSPS) is 29.6. The van der Waals surface area contributed by atoms with Gasteiger partial charge in [-0.2, -0.15) is 5.26 Å². The summed E-state index contributed by atoms with van der Waals surface area (Å²) in [6, 6.07) is 9.23. The lowest BCUT2D eigenvalue weighted by atomic mass is 9.81. The highest BCUT2D eigenvalue weighted by Gasteiger charge is 2.39. The molecule has 1 aliphatic heterocycles. The molecular formula is C18H24FN3. The van der Waals surface area contributed by atoms with E-state index >= 15 is 0 Å². The van der Waals surface area contributed by atoms with Crippen LogP contribution in [0.3, 0.4) is 0 Å². The summed E-state index contributed by atoms with van der Waals surface area (Å²) < 4.78 is 13.3. The van der Waals surface area contributed by atoms with Gasteiger partial charge < -0.3 is 10.2 Å². The molecule has 0 spiro atoms. The SMILES string of the molecule is CC1CC(C#N)(Nc2cccc(F)c2)CCN1CC1CCC1. The lowest BCUT2D eigenvalue weighted by molar-refractivity contribution is 0.0923. The minimum atomic E-state index is -0.580. The predicted octanol–water partition coefficient (Wildman–Crippen LogP) is 3.78. The smallest absolute Gasteiger partial charge is 0.128 e. The van der Waals surface area contributed by atoms with Crippen LogP contribution in [0.15, 0.2) is 24.3 Å². The lowest BCUT2D eigenvalue weighted by Gasteiger charge is -2.45. The van der Waals surface area contributed by atoms with Crippen LogP contribution in [0.2, 0.25) is 0 Å². The number of nitrogens with zero attached hydrogens (tertiary/aromatic N) is 2. The van der Waals surface area contributed by atoms with E-state index in [1.807, 2.05) is 6.07 Å². The van der Waals surface area contributed by atoms with E-state index in [4.69, 9.17) is 0 Å². The lowest BCUT2D eigenvalue weighted by Crippen LogP contribution is -2.53. The molecule has 1 aromatic carbocycles. The molecule has 1 saturated heterocycles. The van der Waals surface area contributed by atoms with Crippen LogP contribution in [0, 0.1) is 23.1 Å². The van der Waals surface area contributed by atoms with Crippen molar-refractivity contribution in [3.05, 3.63) is 30.1 Å². The summed E-state index contributed by atoms with van der Waals surface area (Å²) in [6.07, 6.45) is 5.66. The predicted molar refractivity (Wildman–Crippen MR) is 86.0 cm³/mol. The fourth-order valence-corrected chi connectivity index (χ4v) is 3.65. The van der Waals surface area contributed by atoms with E-state index < -0.39 is 5.54 Å². The van der Waals surface area contributed by atoms with Crippen LogP contribution in [0.1, 0.15) is 39.0 Å². The Kier molecular flexibility index (Phi) is 4.35. The summed E-state index contributed by atoms with van der Waals surface area (Å²) in [4.78, 5) is 2.52. The molecule has 1 saturated carbocycles. The van der Waals surface area contributed by atoms with Crippen LogP contribution >= 0.6 is 0 Å². The van der Waals surface area contributed by atoms with Gasteiger partial charge in [-0.25, -0.2) is 4.39 Å². The molecule has 1 N–H and O–H groups in total. The van der Waals surface area contributed by atoms with Gasteiger partial charge >= 0.3 is 0 Å². The Hall–Kier alpha value is -1.60. The third-order valence-electron chi connectivity index (χ3n) is 5.23. The van der Waals surface area contributed by atoms with E-state index in [1.165, 1.54) is 37.9 Å². The van der Waals surface area contributed by atoms with E-state index in [9.17, 15) is 9.65 Å². The maximum Gasteiger partial charge on any atom is 0.128 e. The number of nitriles is 1. The Balaban J connectivity index is 1.65. The number of piperidine rings is 1. The number of nitrogens with one attached hydrogen (secondary N) is 1. The molecule has 1 heterocycles. The van der Waals surface area contributed by atoms with Crippen molar-refractivity contribution in [1.82, 2.24) is 4.90 Å². The minimum Gasteiger partial charge on any atom is -0.367 e. The van der Waals surface area contributed by atoms with Crippen LogP contribution < -0.4 is 5.32 Å². The number of anilines is 1. The highest BCUT2D eigenvalue weighted by atomic mass is 19.1. The Morgan fingerprint density at radius 3 is 2.86 bits per heavy atom. The average molecular weight is 301 g/mol. The average Bonchev–Trinajstić information content (AvgIpc) is 2.44. The van der Waals surface area contributed by atoms with E-state index in [0.717, 1.165) is 25.3 Å². The molecule has 2 unspecified atom stereocenters. The first kappa shape index (κ1) is 15.3. The van der Waals surface area contributed by atoms with Gasteiger partial charge in [0.1, 0.15) is 11.4 Å². The Labute approximate surface area is 132 Å². The van der Waals surface area contributed by atoms with Crippen molar-refractivity contribution in [2.24, 2.45) is 5.92 Å². The van der Waals surface area contributed by atoms with Gasteiger partial charge in [0, 0.05) is 24.8 Å². The molecule has 118 valence electrons. The van der Waals surface area contributed by atoms with Crippen LogP contribution in [0.4, 0.5) is 10.1 Å². The molecule has 0 amide bonds. The maximum absolute atomic E-state index is 13.3. The van der Waals surface area contributed by atoms with E-state index in [1.54, 1.807) is 6.07 Å². The molecule has 0 bridgehead atoms. The summed E-state index contributed by atoms with van der Waals surface area (Å²) in [6.45, 7) is 4.31. The number of benzene rings is 1. The van der Waals surface area contributed by atoms with Gasteiger partial charge in [0.05, 0.1) is 6.07 Å². The fraction of sp³-hybridized carbons (Fsp3) is 0.611. The zero-order chi connectivity index (χ0) is 15.6. The summed E-state index contributed by atoms with van der Waals surface area (Å²) in [5, 5.41) is 13.0. The summed E-state index contributed by atoms with van der Waals surface area (Å²) in [7, 11) is 0. The van der Waals surface area contributed by atoms with Crippen LogP contribution in [0.25, 0.3) is 0 Å². The van der Waals surface area contributed by atoms with Gasteiger partial charge in [-0.3, -0.25) is 0 Å². The van der Waals surface area contributed by atoms with E-state index in [0.29, 0.717) is 11.7 Å². The van der Waals surface area contributed by atoms with Gasteiger partial charge in [0.15, 0.2) is 0 Å². The van der Waals surface area contributed by atoms with Gasteiger partial charge in [0.25, 0.3) is 0 Å². The number of hydrogen-bond donors (Lipinski definition) is 1. The molecule has 3 nitrogen and oxygen atoms in total. The third-order valence-corrected chi connectivity index (χ3v) is 5.23. The topological polar surface area (TPSA) is 39.1 Å². The molecule has 4 heteroatoms. The molecule has 0 radical (unpaired) electrons. The van der Waals surface area contributed by atoms with Gasteiger partial charge in [-0.15, -0.1) is 0 Å². The molecular weight excluding hydrogens is 277 g/mol. The van der Waals surface area contributed by atoms with Crippen molar-refractivity contribution < 1.29 is 4.39 Å². The number of halogens is 1. The van der Waals surface area contributed by atoms with Crippen molar-refractivity contribution in [2.45, 2.75) is 50.6 Å².